The lowest BCUT2D eigenvalue weighted by atomic mass is 10.1. The molecule has 2 aromatic rings. The van der Waals surface area contributed by atoms with E-state index in [4.69, 9.17) is 32.7 Å². The van der Waals surface area contributed by atoms with Crippen LogP contribution in [0.3, 0.4) is 0 Å². The van der Waals surface area contributed by atoms with Gasteiger partial charge in [0.05, 0.1) is 12.5 Å². The van der Waals surface area contributed by atoms with E-state index in [0.29, 0.717) is 23.3 Å². The lowest BCUT2D eigenvalue weighted by molar-refractivity contribution is 0.202. The van der Waals surface area contributed by atoms with E-state index >= 15 is 0 Å². The Morgan fingerprint density at radius 2 is 1.80 bits per heavy atom. The molecule has 0 amide bonds. The van der Waals surface area contributed by atoms with Crippen molar-refractivity contribution in [3.8, 4) is 11.5 Å². The SMILES string of the molecule is COCCc1ccc(Oc2cccc(Cl)c2CCl)cc1. The number of ether oxygens (including phenoxy) is 2. The maximum atomic E-state index is 6.10. The van der Waals surface area contributed by atoms with Gasteiger partial charge in [-0.15, -0.1) is 11.6 Å². The Balaban J connectivity index is 2.12. The quantitative estimate of drug-likeness (QED) is 0.694. The summed E-state index contributed by atoms with van der Waals surface area (Å²) < 4.78 is 10.9. The van der Waals surface area contributed by atoms with Gasteiger partial charge in [0.25, 0.3) is 0 Å². The molecule has 0 bridgehead atoms. The molecular weight excluding hydrogens is 295 g/mol. The highest BCUT2D eigenvalue weighted by Gasteiger charge is 2.08. The zero-order valence-electron chi connectivity index (χ0n) is 11.2. The van der Waals surface area contributed by atoms with Crippen molar-refractivity contribution in [2.75, 3.05) is 13.7 Å². The first-order valence-electron chi connectivity index (χ1n) is 6.33. The zero-order chi connectivity index (χ0) is 14.4. The first-order chi connectivity index (χ1) is 9.74. The lowest BCUT2D eigenvalue weighted by Crippen LogP contribution is -1.94. The third kappa shape index (κ3) is 3.89. The highest BCUT2D eigenvalue weighted by atomic mass is 35.5. The second-order valence-corrected chi connectivity index (χ2v) is 5.01. The summed E-state index contributed by atoms with van der Waals surface area (Å²) in [6.45, 7) is 0.713. The van der Waals surface area contributed by atoms with Crippen molar-refractivity contribution in [2.45, 2.75) is 12.3 Å². The fraction of sp³-hybridized carbons (Fsp3) is 0.250. The van der Waals surface area contributed by atoms with Crippen LogP contribution in [-0.4, -0.2) is 13.7 Å². The minimum atomic E-state index is 0.320. The monoisotopic (exact) mass is 310 g/mol. The smallest absolute Gasteiger partial charge is 0.133 e. The minimum absolute atomic E-state index is 0.320. The molecule has 2 rings (SSSR count). The molecule has 0 atom stereocenters. The molecule has 0 aliphatic heterocycles. The van der Waals surface area contributed by atoms with Crippen LogP contribution in [-0.2, 0) is 17.0 Å². The Morgan fingerprint density at radius 3 is 2.45 bits per heavy atom. The van der Waals surface area contributed by atoms with Gasteiger partial charge < -0.3 is 9.47 Å². The first kappa shape index (κ1) is 15.2. The zero-order valence-corrected chi connectivity index (χ0v) is 12.7. The summed E-state index contributed by atoms with van der Waals surface area (Å²) in [4.78, 5) is 0. The molecule has 4 heteroatoms. The highest BCUT2D eigenvalue weighted by Crippen LogP contribution is 2.31. The minimum Gasteiger partial charge on any atom is -0.457 e. The van der Waals surface area contributed by atoms with Crippen molar-refractivity contribution >= 4 is 23.2 Å². The van der Waals surface area contributed by atoms with E-state index in [1.165, 1.54) is 5.56 Å². The second kappa shape index (κ2) is 7.53. The summed E-state index contributed by atoms with van der Waals surface area (Å²) in [5.41, 5.74) is 2.02. The van der Waals surface area contributed by atoms with Gasteiger partial charge in [-0.1, -0.05) is 29.8 Å². The van der Waals surface area contributed by atoms with E-state index in [1.807, 2.05) is 36.4 Å². The third-order valence-corrected chi connectivity index (χ3v) is 3.58. The van der Waals surface area contributed by atoms with Gasteiger partial charge in [0.1, 0.15) is 11.5 Å². The number of rotatable bonds is 6. The number of alkyl halides is 1. The van der Waals surface area contributed by atoms with Gasteiger partial charge in [-0.05, 0) is 36.2 Å². The summed E-state index contributed by atoms with van der Waals surface area (Å²) in [5, 5.41) is 0.620. The molecule has 2 aromatic carbocycles. The van der Waals surface area contributed by atoms with E-state index in [0.717, 1.165) is 17.7 Å². The van der Waals surface area contributed by atoms with Crippen molar-refractivity contribution < 1.29 is 9.47 Å². The Morgan fingerprint density at radius 1 is 1.05 bits per heavy atom. The fourth-order valence-electron chi connectivity index (χ4n) is 1.84. The normalized spacial score (nSPS) is 10.6. The van der Waals surface area contributed by atoms with E-state index in [1.54, 1.807) is 13.2 Å². The van der Waals surface area contributed by atoms with Crippen LogP contribution in [0.4, 0.5) is 0 Å². The van der Waals surface area contributed by atoms with Crippen LogP contribution < -0.4 is 4.74 Å². The fourth-order valence-corrected chi connectivity index (χ4v) is 2.41. The van der Waals surface area contributed by atoms with Gasteiger partial charge in [-0.2, -0.15) is 0 Å². The number of halogens is 2. The molecule has 0 aromatic heterocycles. The maximum absolute atomic E-state index is 6.10. The van der Waals surface area contributed by atoms with Gasteiger partial charge >= 0.3 is 0 Å². The molecular formula is C16H16Cl2O2. The molecule has 0 fully saturated rings. The predicted octanol–water partition coefficient (Wildman–Crippen LogP) is 5.06. The van der Waals surface area contributed by atoms with E-state index < -0.39 is 0 Å². The van der Waals surface area contributed by atoms with Crippen LogP contribution in [0.25, 0.3) is 0 Å². The number of benzene rings is 2. The Kier molecular flexibility index (Phi) is 5.72. The van der Waals surface area contributed by atoms with Crippen LogP contribution in [0.2, 0.25) is 5.02 Å². The summed E-state index contributed by atoms with van der Waals surface area (Å²) in [5.74, 6) is 1.78. The summed E-state index contributed by atoms with van der Waals surface area (Å²) in [6, 6.07) is 13.4. The molecule has 0 N–H and O–H groups in total. The van der Waals surface area contributed by atoms with Gasteiger partial charge in [-0.25, -0.2) is 0 Å². The molecule has 0 heterocycles. The molecule has 0 unspecified atom stereocenters. The van der Waals surface area contributed by atoms with Crippen molar-refractivity contribution in [3.05, 3.63) is 58.6 Å². The average Bonchev–Trinajstić information content (AvgIpc) is 2.47. The maximum Gasteiger partial charge on any atom is 0.133 e. The van der Waals surface area contributed by atoms with E-state index in [2.05, 4.69) is 0 Å². The third-order valence-electron chi connectivity index (χ3n) is 2.96. The molecule has 106 valence electrons. The number of hydrogen-bond acceptors (Lipinski definition) is 2. The van der Waals surface area contributed by atoms with Gasteiger partial charge in [0.15, 0.2) is 0 Å². The lowest BCUT2D eigenvalue weighted by Gasteiger charge is -2.11. The van der Waals surface area contributed by atoms with Gasteiger partial charge in [0, 0.05) is 17.7 Å². The molecule has 2 nitrogen and oxygen atoms in total. The molecule has 0 saturated carbocycles. The van der Waals surface area contributed by atoms with Crippen LogP contribution in [0.5, 0.6) is 11.5 Å². The number of hydrogen-bond donors (Lipinski definition) is 0. The van der Waals surface area contributed by atoms with Crippen molar-refractivity contribution in [1.29, 1.82) is 0 Å². The van der Waals surface area contributed by atoms with E-state index in [-0.39, 0.29) is 0 Å². The topological polar surface area (TPSA) is 18.5 Å². The molecule has 0 aliphatic rings. The Hall–Kier alpha value is -1.22. The average molecular weight is 311 g/mol. The van der Waals surface area contributed by atoms with Crippen molar-refractivity contribution in [1.82, 2.24) is 0 Å². The second-order valence-electron chi connectivity index (χ2n) is 4.34. The van der Waals surface area contributed by atoms with Crippen LogP contribution in [0.15, 0.2) is 42.5 Å². The molecule has 20 heavy (non-hydrogen) atoms. The molecule has 0 spiro atoms. The Labute approximate surface area is 129 Å². The van der Waals surface area contributed by atoms with Crippen LogP contribution in [0, 0.1) is 0 Å². The van der Waals surface area contributed by atoms with Crippen molar-refractivity contribution in [2.24, 2.45) is 0 Å². The van der Waals surface area contributed by atoms with Gasteiger partial charge in [-0.3, -0.25) is 0 Å². The number of methoxy groups -OCH3 is 1. The van der Waals surface area contributed by atoms with Gasteiger partial charge in [0.2, 0.25) is 0 Å². The largest absolute Gasteiger partial charge is 0.457 e. The van der Waals surface area contributed by atoms with Crippen LogP contribution >= 0.6 is 23.2 Å². The summed E-state index contributed by atoms with van der Waals surface area (Å²) in [7, 11) is 1.70. The predicted molar refractivity (Wildman–Crippen MR) is 83.1 cm³/mol. The summed E-state index contributed by atoms with van der Waals surface area (Å²) >= 11 is 12.0. The molecule has 0 saturated heterocycles. The van der Waals surface area contributed by atoms with Crippen molar-refractivity contribution in [3.63, 3.8) is 0 Å². The van der Waals surface area contributed by atoms with E-state index in [9.17, 15) is 0 Å². The highest BCUT2D eigenvalue weighted by molar-refractivity contribution is 6.32. The summed E-state index contributed by atoms with van der Waals surface area (Å²) in [6.07, 6.45) is 0.890. The van der Waals surface area contributed by atoms with Crippen LogP contribution in [0.1, 0.15) is 11.1 Å². The molecule has 0 radical (unpaired) electrons. The first-order valence-corrected chi connectivity index (χ1v) is 7.25. The Bertz CT molecular complexity index is 553. The molecule has 0 aliphatic carbocycles. The standard InChI is InChI=1S/C16H16Cl2O2/c1-19-10-9-12-5-7-13(8-6-12)20-16-4-2-3-15(18)14(16)11-17/h2-8H,9-11H2,1H3.